The Morgan fingerprint density at radius 1 is 0.424 bits per heavy atom. The average molecular weight is 536 g/mol. The van der Waals surface area contributed by atoms with Gasteiger partial charge in [0.2, 0.25) is 11.6 Å². The van der Waals surface area contributed by atoms with Crippen LogP contribution in [0.15, 0.2) is 9.79 Å². The lowest BCUT2D eigenvalue weighted by molar-refractivity contribution is 0.248. The highest BCUT2D eigenvalue weighted by Gasteiger charge is 2.35. The second-order valence-corrected chi connectivity index (χ2v) is 8.81. The van der Waals surface area contributed by atoms with E-state index in [1.54, 1.807) is 0 Å². The minimum atomic E-state index is -5.64. The zero-order valence-corrected chi connectivity index (χ0v) is 16.8. The van der Waals surface area contributed by atoms with Crippen molar-refractivity contribution < 1.29 is 69.1 Å². The number of rotatable bonds is 8. The maximum absolute atomic E-state index is 13.5. The smallest absolute Gasteiger partial charge is 0.266 e. The molecule has 0 saturated heterocycles. The normalized spacial score (nSPS) is 12.4. The first-order valence-corrected chi connectivity index (χ1v) is 10.7. The van der Waals surface area contributed by atoms with Crippen molar-refractivity contribution in [3.63, 3.8) is 0 Å². The molecular weight excluding hydrogens is 530 g/mol. The Bertz CT molecular complexity index is 1170. The second-order valence-electron chi connectivity index (χ2n) is 5.70. The van der Waals surface area contributed by atoms with Crippen molar-refractivity contribution in [3.05, 3.63) is 58.2 Å². The van der Waals surface area contributed by atoms with Gasteiger partial charge in [-0.2, -0.15) is 16.8 Å². The van der Waals surface area contributed by atoms with Gasteiger partial charge in [-0.25, -0.2) is 43.9 Å². The Labute approximate surface area is 177 Å². The van der Waals surface area contributed by atoms with Gasteiger partial charge in [-0.05, 0) is 6.42 Å². The molecule has 0 aromatic heterocycles. The Kier molecular flexibility index (Phi) is 7.66. The summed E-state index contributed by atoms with van der Waals surface area (Å²) in [5, 5.41) is 0. The molecule has 2 rings (SSSR count). The highest BCUT2D eigenvalue weighted by molar-refractivity contribution is 7.87. The standard InChI is InChI=1S/C15H6F10O6S2/c16-4-6(18)10(22)14(11(23)7(4)19)32(26,27)30-2-1-3-31-33(28,29)15-12(24)8(20)5(17)9(21)13(15)25/h1-3H2. The topological polar surface area (TPSA) is 86.7 Å². The van der Waals surface area contributed by atoms with Gasteiger partial charge in [0, 0.05) is 0 Å². The summed E-state index contributed by atoms with van der Waals surface area (Å²) in [6, 6.07) is 0. The molecule has 0 aliphatic carbocycles. The quantitative estimate of drug-likeness (QED) is 0.169. The van der Waals surface area contributed by atoms with Crippen molar-refractivity contribution in [2.24, 2.45) is 0 Å². The van der Waals surface area contributed by atoms with Crippen LogP contribution in [0.3, 0.4) is 0 Å². The van der Waals surface area contributed by atoms with Crippen LogP contribution in [0.4, 0.5) is 43.9 Å². The summed E-state index contributed by atoms with van der Waals surface area (Å²) in [5.41, 5.74) is 0. The number of halogens is 10. The van der Waals surface area contributed by atoms with Crippen molar-refractivity contribution in [3.8, 4) is 0 Å². The van der Waals surface area contributed by atoms with E-state index >= 15 is 0 Å². The Morgan fingerprint density at radius 3 is 0.879 bits per heavy atom. The Balaban J connectivity index is 2.13. The molecule has 18 heteroatoms. The van der Waals surface area contributed by atoms with Gasteiger partial charge < -0.3 is 0 Å². The van der Waals surface area contributed by atoms with Crippen molar-refractivity contribution in [1.29, 1.82) is 0 Å². The largest absolute Gasteiger partial charge is 0.303 e. The SMILES string of the molecule is O=S(=O)(OCCCOS(=O)(=O)c1c(F)c(F)c(F)c(F)c1F)c1c(F)c(F)c(F)c(F)c1F. The number of benzene rings is 2. The van der Waals surface area contributed by atoms with E-state index in [9.17, 15) is 60.7 Å². The average Bonchev–Trinajstić information content (AvgIpc) is 2.73. The fourth-order valence-corrected chi connectivity index (χ4v) is 4.27. The van der Waals surface area contributed by atoms with Crippen molar-refractivity contribution >= 4 is 20.2 Å². The molecule has 0 aliphatic rings. The van der Waals surface area contributed by atoms with Gasteiger partial charge in [0.1, 0.15) is 0 Å². The summed E-state index contributed by atoms with van der Waals surface area (Å²) in [6.07, 6.45) is -0.900. The predicted octanol–water partition coefficient (Wildman–Crippen LogP) is 3.58. The van der Waals surface area contributed by atoms with Gasteiger partial charge in [0.05, 0.1) is 13.2 Å². The molecular formula is C15H6F10O6S2. The molecule has 0 heterocycles. The third-order valence-electron chi connectivity index (χ3n) is 3.60. The first-order valence-electron chi connectivity index (χ1n) is 7.88. The summed E-state index contributed by atoms with van der Waals surface area (Å²) in [5.74, 6) is -26.7. The van der Waals surface area contributed by atoms with Crippen LogP contribution >= 0.6 is 0 Å². The van der Waals surface area contributed by atoms with Crippen LogP contribution in [0.5, 0.6) is 0 Å². The molecule has 0 atom stereocenters. The van der Waals surface area contributed by atoms with Crippen LogP contribution in [0, 0.1) is 58.2 Å². The first-order chi connectivity index (χ1) is 15.1. The van der Waals surface area contributed by atoms with E-state index in [-0.39, 0.29) is 0 Å². The third-order valence-corrected chi connectivity index (χ3v) is 6.28. The van der Waals surface area contributed by atoms with Crippen molar-refractivity contribution in [2.75, 3.05) is 13.2 Å². The lowest BCUT2D eigenvalue weighted by Crippen LogP contribution is -2.18. The second kappa shape index (κ2) is 9.43. The molecule has 184 valence electrons. The van der Waals surface area contributed by atoms with E-state index in [0.717, 1.165) is 0 Å². The molecule has 0 bridgehead atoms. The van der Waals surface area contributed by atoms with Crippen LogP contribution in [0.25, 0.3) is 0 Å². The predicted molar refractivity (Wildman–Crippen MR) is 83.4 cm³/mol. The van der Waals surface area contributed by atoms with Gasteiger partial charge in [0.15, 0.2) is 56.3 Å². The van der Waals surface area contributed by atoms with Gasteiger partial charge in [-0.1, -0.05) is 0 Å². The molecule has 0 amide bonds. The molecule has 2 aromatic rings. The lowest BCUT2D eigenvalue weighted by atomic mass is 10.3. The lowest BCUT2D eigenvalue weighted by Gasteiger charge is -2.11. The summed E-state index contributed by atoms with van der Waals surface area (Å²) in [6.45, 7) is -2.48. The Hall–Kier alpha value is -2.44. The fourth-order valence-electron chi connectivity index (χ4n) is 2.12. The van der Waals surface area contributed by atoms with Gasteiger partial charge in [0.25, 0.3) is 0 Å². The summed E-state index contributed by atoms with van der Waals surface area (Å²) >= 11 is 0. The monoisotopic (exact) mass is 536 g/mol. The minimum Gasteiger partial charge on any atom is -0.266 e. The first kappa shape index (κ1) is 26.8. The van der Waals surface area contributed by atoms with E-state index in [1.807, 2.05) is 0 Å². The zero-order chi connectivity index (χ0) is 25.5. The fraction of sp³-hybridized carbons (Fsp3) is 0.200. The molecule has 0 radical (unpaired) electrons. The van der Waals surface area contributed by atoms with Crippen molar-refractivity contribution in [2.45, 2.75) is 16.2 Å². The summed E-state index contributed by atoms with van der Waals surface area (Å²) in [4.78, 5) is -4.71. The van der Waals surface area contributed by atoms with Gasteiger partial charge >= 0.3 is 20.2 Å². The highest BCUT2D eigenvalue weighted by Crippen LogP contribution is 2.29. The van der Waals surface area contributed by atoms with Crippen LogP contribution in [0.2, 0.25) is 0 Å². The molecule has 6 nitrogen and oxygen atoms in total. The van der Waals surface area contributed by atoms with E-state index in [0.29, 0.717) is 0 Å². The zero-order valence-electron chi connectivity index (χ0n) is 15.2. The molecule has 0 spiro atoms. The molecule has 0 unspecified atom stereocenters. The van der Waals surface area contributed by atoms with Crippen LogP contribution in [-0.4, -0.2) is 30.0 Å². The van der Waals surface area contributed by atoms with Gasteiger partial charge in [-0.3, -0.25) is 8.37 Å². The molecule has 33 heavy (non-hydrogen) atoms. The maximum atomic E-state index is 13.5. The molecule has 0 N–H and O–H groups in total. The van der Waals surface area contributed by atoms with E-state index in [2.05, 4.69) is 8.37 Å². The third kappa shape index (κ3) is 4.92. The van der Waals surface area contributed by atoms with Crippen LogP contribution in [0.1, 0.15) is 6.42 Å². The highest BCUT2D eigenvalue weighted by atomic mass is 32.2. The summed E-state index contributed by atoms with van der Waals surface area (Å²) < 4.78 is 187. The van der Waals surface area contributed by atoms with E-state index in [1.165, 1.54) is 0 Å². The van der Waals surface area contributed by atoms with E-state index in [4.69, 9.17) is 0 Å². The number of hydrogen-bond acceptors (Lipinski definition) is 6. The van der Waals surface area contributed by atoms with Crippen LogP contribution in [-0.2, 0) is 28.6 Å². The molecule has 0 saturated carbocycles. The molecule has 2 aromatic carbocycles. The van der Waals surface area contributed by atoms with Crippen molar-refractivity contribution in [1.82, 2.24) is 0 Å². The number of hydrogen-bond donors (Lipinski definition) is 0. The molecule has 0 aliphatic heterocycles. The maximum Gasteiger partial charge on any atom is 0.303 e. The van der Waals surface area contributed by atoms with Crippen LogP contribution < -0.4 is 0 Å². The minimum absolute atomic E-state index is 0.900. The Morgan fingerprint density at radius 2 is 0.636 bits per heavy atom. The van der Waals surface area contributed by atoms with Gasteiger partial charge in [-0.15, -0.1) is 0 Å². The molecule has 0 fully saturated rings. The van der Waals surface area contributed by atoms with E-state index < -0.39 is 108 Å². The summed E-state index contributed by atoms with van der Waals surface area (Å²) in [7, 11) is -11.3.